The second-order valence-corrected chi connectivity index (χ2v) is 3.46. The fourth-order valence-corrected chi connectivity index (χ4v) is 1.70. The SMILES string of the molecule is CB(O)NC1CCC(C)C1. The topological polar surface area (TPSA) is 32.3 Å². The van der Waals surface area contributed by atoms with Gasteiger partial charge in [-0.2, -0.15) is 0 Å². The van der Waals surface area contributed by atoms with Gasteiger partial charge in [0.15, 0.2) is 0 Å². The van der Waals surface area contributed by atoms with E-state index in [0.717, 1.165) is 5.92 Å². The van der Waals surface area contributed by atoms with Crippen molar-refractivity contribution in [1.29, 1.82) is 0 Å². The van der Waals surface area contributed by atoms with E-state index in [2.05, 4.69) is 12.2 Å². The van der Waals surface area contributed by atoms with Crippen molar-refractivity contribution in [3.8, 4) is 0 Å². The molecule has 1 saturated carbocycles. The molecule has 1 fully saturated rings. The van der Waals surface area contributed by atoms with Gasteiger partial charge in [-0.1, -0.05) is 6.92 Å². The Labute approximate surface area is 63.1 Å². The van der Waals surface area contributed by atoms with E-state index in [1.54, 1.807) is 6.82 Å². The molecule has 1 rings (SSSR count). The van der Waals surface area contributed by atoms with Crippen molar-refractivity contribution in [3.05, 3.63) is 0 Å². The molecule has 0 aliphatic heterocycles. The highest BCUT2D eigenvalue weighted by molar-refractivity contribution is 6.45. The first-order valence-electron chi connectivity index (χ1n) is 4.12. The van der Waals surface area contributed by atoms with Gasteiger partial charge in [0, 0.05) is 0 Å². The van der Waals surface area contributed by atoms with Crippen LogP contribution in [0, 0.1) is 5.92 Å². The third-order valence-corrected chi connectivity index (χ3v) is 2.17. The Hall–Kier alpha value is -0.0151. The maximum atomic E-state index is 8.99. The fourth-order valence-electron chi connectivity index (χ4n) is 1.70. The molecule has 0 radical (unpaired) electrons. The molecule has 0 aromatic carbocycles. The Balaban J connectivity index is 2.18. The zero-order valence-corrected chi connectivity index (χ0v) is 6.80. The Morgan fingerprint density at radius 1 is 1.50 bits per heavy atom. The summed E-state index contributed by atoms with van der Waals surface area (Å²) in [5, 5.41) is 12.1. The van der Waals surface area contributed by atoms with Crippen LogP contribution in [-0.4, -0.2) is 18.1 Å². The van der Waals surface area contributed by atoms with Gasteiger partial charge in [-0.25, -0.2) is 0 Å². The molecule has 2 unspecified atom stereocenters. The molecule has 0 aromatic rings. The van der Waals surface area contributed by atoms with E-state index in [-0.39, 0.29) is 7.05 Å². The van der Waals surface area contributed by atoms with Crippen LogP contribution in [0.3, 0.4) is 0 Å². The molecule has 3 heteroatoms. The first-order chi connectivity index (χ1) is 4.68. The summed E-state index contributed by atoms with van der Waals surface area (Å²) in [6, 6.07) is 0.565. The van der Waals surface area contributed by atoms with Gasteiger partial charge in [0.1, 0.15) is 0 Å². The predicted molar refractivity (Wildman–Crippen MR) is 43.8 cm³/mol. The van der Waals surface area contributed by atoms with Crippen LogP contribution in [-0.2, 0) is 0 Å². The van der Waals surface area contributed by atoms with Gasteiger partial charge in [0.25, 0.3) is 0 Å². The van der Waals surface area contributed by atoms with Crippen LogP contribution >= 0.6 is 0 Å². The molecular formula is C7H16BNO. The lowest BCUT2D eigenvalue weighted by Crippen LogP contribution is -2.38. The highest BCUT2D eigenvalue weighted by Gasteiger charge is 2.22. The summed E-state index contributed by atoms with van der Waals surface area (Å²) in [5.41, 5.74) is 0. The van der Waals surface area contributed by atoms with E-state index in [1.165, 1.54) is 19.3 Å². The van der Waals surface area contributed by atoms with Crippen molar-refractivity contribution in [1.82, 2.24) is 5.23 Å². The van der Waals surface area contributed by atoms with Gasteiger partial charge in [-0.3, -0.25) is 0 Å². The molecule has 0 amide bonds. The Kier molecular flexibility index (Phi) is 2.75. The quantitative estimate of drug-likeness (QED) is 0.559. The van der Waals surface area contributed by atoms with Gasteiger partial charge in [0.2, 0.25) is 0 Å². The molecule has 0 aromatic heterocycles. The zero-order chi connectivity index (χ0) is 7.56. The van der Waals surface area contributed by atoms with Crippen LogP contribution in [0.25, 0.3) is 0 Å². The number of rotatable bonds is 2. The standard InChI is InChI=1S/C7H16BNO/c1-6-3-4-7(5-6)9-8(2)10/h6-7,9-10H,3-5H2,1-2H3. The van der Waals surface area contributed by atoms with Gasteiger partial charge in [-0.15, -0.1) is 0 Å². The minimum absolute atomic E-state index is 0.338. The first kappa shape index (κ1) is 8.09. The molecule has 58 valence electrons. The van der Waals surface area contributed by atoms with E-state index >= 15 is 0 Å². The van der Waals surface area contributed by atoms with E-state index in [4.69, 9.17) is 5.02 Å². The molecule has 2 atom stereocenters. The van der Waals surface area contributed by atoms with Crippen LogP contribution in [0.2, 0.25) is 6.82 Å². The fraction of sp³-hybridized carbons (Fsp3) is 1.00. The maximum absolute atomic E-state index is 8.99. The molecule has 1 aliphatic rings. The van der Waals surface area contributed by atoms with Gasteiger partial charge in [0.05, 0.1) is 0 Å². The molecule has 1 aliphatic carbocycles. The molecule has 2 N–H and O–H groups in total. The van der Waals surface area contributed by atoms with Crippen LogP contribution in [0.5, 0.6) is 0 Å². The van der Waals surface area contributed by atoms with Gasteiger partial charge >= 0.3 is 7.05 Å². The minimum Gasteiger partial charge on any atom is -0.437 e. The minimum atomic E-state index is -0.338. The predicted octanol–water partition coefficient (Wildman–Crippen LogP) is 0.875. The van der Waals surface area contributed by atoms with Crippen LogP contribution in [0.4, 0.5) is 0 Å². The summed E-state index contributed by atoms with van der Waals surface area (Å²) in [4.78, 5) is 0. The molecule has 0 spiro atoms. The lowest BCUT2D eigenvalue weighted by atomic mass is 9.87. The van der Waals surface area contributed by atoms with Crippen molar-refractivity contribution < 1.29 is 5.02 Å². The molecule has 10 heavy (non-hydrogen) atoms. The summed E-state index contributed by atoms with van der Waals surface area (Å²) >= 11 is 0. The zero-order valence-electron chi connectivity index (χ0n) is 6.80. The summed E-state index contributed by atoms with van der Waals surface area (Å²) in [6.07, 6.45) is 3.77. The average molecular weight is 141 g/mol. The Morgan fingerprint density at radius 3 is 2.60 bits per heavy atom. The Bertz CT molecular complexity index is 108. The second kappa shape index (κ2) is 3.40. The van der Waals surface area contributed by atoms with E-state index in [0.29, 0.717) is 6.04 Å². The third-order valence-electron chi connectivity index (χ3n) is 2.17. The number of nitrogens with one attached hydrogen (secondary N) is 1. The highest BCUT2D eigenvalue weighted by Crippen LogP contribution is 2.24. The summed E-state index contributed by atoms with van der Waals surface area (Å²) in [5.74, 6) is 0.844. The number of hydrogen-bond donors (Lipinski definition) is 2. The van der Waals surface area contributed by atoms with Crippen molar-refractivity contribution >= 4 is 7.05 Å². The largest absolute Gasteiger partial charge is 0.437 e. The third kappa shape index (κ3) is 2.31. The summed E-state index contributed by atoms with van der Waals surface area (Å²) < 4.78 is 0. The van der Waals surface area contributed by atoms with E-state index in [9.17, 15) is 0 Å². The lowest BCUT2D eigenvalue weighted by molar-refractivity contribution is 0.508. The lowest BCUT2D eigenvalue weighted by Gasteiger charge is -2.11. The van der Waals surface area contributed by atoms with E-state index < -0.39 is 0 Å². The molecule has 0 saturated heterocycles. The van der Waals surface area contributed by atoms with Crippen molar-refractivity contribution in [2.45, 2.75) is 39.1 Å². The monoisotopic (exact) mass is 141 g/mol. The van der Waals surface area contributed by atoms with Gasteiger partial charge < -0.3 is 10.3 Å². The van der Waals surface area contributed by atoms with Crippen LogP contribution < -0.4 is 5.23 Å². The van der Waals surface area contributed by atoms with Gasteiger partial charge in [-0.05, 0) is 38.0 Å². The highest BCUT2D eigenvalue weighted by atomic mass is 16.2. The molecule has 2 nitrogen and oxygen atoms in total. The van der Waals surface area contributed by atoms with Crippen molar-refractivity contribution in [2.75, 3.05) is 0 Å². The first-order valence-corrected chi connectivity index (χ1v) is 4.12. The molecule has 0 heterocycles. The number of hydrogen-bond acceptors (Lipinski definition) is 2. The van der Waals surface area contributed by atoms with Crippen LogP contribution in [0.1, 0.15) is 26.2 Å². The van der Waals surface area contributed by atoms with Crippen molar-refractivity contribution in [2.24, 2.45) is 5.92 Å². The summed E-state index contributed by atoms with van der Waals surface area (Å²) in [7, 11) is -0.338. The average Bonchev–Trinajstić information content (AvgIpc) is 2.13. The van der Waals surface area contributed by atoms with E-state index in [1.807, 2.05) is 0 Å². The van der Waals surface area contributed by atoms with Crippen molar-refractivity contribution in [3.63, 3.8) is 0 Å². The van der Waals surface area contributed by atoms with Crippen LogP contribution in [0.15, 0.2) is 0 Å². The normalized spacial score (nSPS) is 32.7. The smallest absolute Gasteiger partial charge is 0.373 e. The Morgan fingerprint density at radius 2 is 2.20 bits per heavy atom. The second-order valence-electron chi connectivity index (χ2n) is 3.46. The molecule has 0 bridgehead atoms. The molecular weight excluding hydrogens is 125 g/mol. The summed E-state index contributed by atoms with van der Waals surface area (Å²) in [6.45, 7) is 4.05. The maximum Gasteiger partial charge on any atom is 0.373 e.